The van der Waals surface area contributed by atoms with Crippen LogP contribution < -0.4 is 5.73 Å². The molecule has 16 heavy (non-hydrogen) atoms. The molecule has 0 amide bonds. The third-order valence-corrected chi connectivity index (χ3v) is 3.88. The molecule has 0 saturated heterocycles. The summed E-state index contributed by atoms with van der Waals surface area (Å²) in [4.78, 5) is 12.1. The summed E-state index contributed by atoms with van der Waals surface area (Å²) < 4.78 is 5.48. The third-order valence-electron chi connectivity index (χ3n) is 3.88. The van der Waals surface area contributed by atoms with Crippen LogP contribution in [-0.2, 0) is 9.53 Å². The van der Waals surface area contributed by atoms with Crippen molar-refractivity contribution in [3.63, 3.8) is 0 Å². The molecular formula is C13H23NO2. The molecule has 0 aromatic rings. The van der Waals surface area contributed by atoms with E-state index in [-0.39, 0.29) is 17.4 Å². The maximum absolute atomic E-state index is 12.1. The molecule has 2 rings (SSSR count). The largest absolute Gasteiger partial charge is 0.460 e. The van der Waals surface area contributed by atoms with Crippen LogP contribution in [0.2, 0.25) is 0 Å². The van der Waals surface area contributed by atoms with Crippen molar-refractivity contribution in [1.82, 2.24) is 0 Å². The highest BCUT2D eigenvalue weighted by molar-refractivity contribution is 5.75. The summed E-state index contributed by atoms with van der Waals surface area (Å²) in [7, 11) is 0. The van der Waals surface area contributed by atoms with Crippen LogP contribution in [0.15, 0.2) is 0 Å². The molecule has 2 N–H and O–H groups in total. The predicted molar refractivity (Wildman–Crippen MR) is 62.8 cm³/mol. The van der Waals surface area contributed by atoms with Crippen LogP contribution in [0.5, 0.6) is 0 Å². The quantitative estimate of drug-likeness (QED) is 0.696. The number of carbonyl (C=O) groups excluding carboxylic acids is 1. The van der Waals surface area contributed by atoms with E-state index in [1.807, 2.05) is 20.8 Å². The van der Waals surface area contributed by atoms with Gasteiger partial charge in [-0.3, -0.25) is 4.79 Å². The fraction of sp³-hybridized carbons (Fsp3) is 0.923. The number of hydrogen-bond donors (Lipinski definition) is 1. The van der Waals surface area contributed by atoms with Gasteiger partial charge in [-0.15, -0.1) is 0 Å². The normalized spacial score (nSPS) is 38.5. The van der Waals surface area contributed by atoms with E-state index >= 15 is 0 Å². The van der Waals surface area contributed by atoms with E-state index in [2.05, 4.69) is 0 Å². The molecule has 2 saturated carbocycles. The van der Waals surface area contributed by atoms with Crippen LogP contribution in [0.25, 0.3) is 0 Å². The van der Waals surface area contributed by atoms with E-state index in [1.165, 1.54) is 12.8 Å². The van der Waals surface area contributed by atoms with Crippen molar-refractivity contribution in [3.8, 4) is 0 Å². The molecule has 0 aromatic carbocycles. The van der Waals surface area contributed by atoms with Gasteiger partial charge in [-0.25, -0.2) is 0 Å². The first kappa shape index (κ1) is 11.9. The standard InChI is InChI=1S/C13H23NO2/c1-12(2,3)16-11(15)10-7-9-5-4-6-13(10,14)8-9/h9-10H,4-8,14H2,1-3H3/t9-,10+,13+/m1/s1. The highest BCUT2D eigenvalue weighted by Crippen LogP contribution is 2.48. The average Bonchev–Trinajstić information content (AvgIpc) is 2.33. The lowest BCUT2D eigenvalue weighted by Crippen LogP contribution is -2.48. The van der Waals surface area contributed by atoms with E-state index in [0.29, 0.717) is 5.92 Å². The van der Waals surface area contributed by atoms with Crippen LogP contribution in [0, 0.1) is 11.8 Å². The SMILES string of the molecule is CC(C)(C)OC(=O)[C@@H]1C[C@H]2CCC[C@]1(N)C2. The van der Waals surface area contributed by atoms with Crippen LogP contribution in [-0.4, -0.2) is 17.1 Å². The minimum Gasteiger partial charge on any atom is -0.460 e. The van der Waals surface area contributed by atoms with Crippen molar-refractivity contribution >= 4 is 5.97 Å². The van der Waals surface area contributed by atoms with E-state index in [1.54, 1.807) is 0 Å². The Morgan fingerprint density at radius 3 is 2.69 bits per heavy atom. The Morgan fingerprint density at radius 1 is 1.44 bits per heavy atom. The van der Waals surface area contributed by atoms with E-state index in [0.717, 1.165) is 19.3 Å². The zero-order valence-electron chi connectivity index (χ0n) is 10.6. The van der Waals surface area contributed by atoms with Gasteiger partial charge in [-0.1, -0.05) is 12.8 Å². The van der Waals surface area contributed by atoms with Crippen LogP contribution >= 0.6 is 0 Å². The molecule has 92 valence electrons. The van der Waals surface area contributed by atoms with Gasteiger partial charge in [0.1, 0.15) is 5.60 Å². The number of ether oxygens (including phenoxy) is 1. The van der Waals surface area contributed by atoms with Gasteiger partial charge < -0.3 is 10.5 Å². The molecule has 0 radical (unpaired) electrons. The molecule has 2 bridgehead atoms. The molecule has 3 atom stereocenters. The second-order valence-corrected chi connectivity index (χ2v) is 6.52. The van der Waals surface area contributed by atoms with Crippen molar-refractivity contribution in [2.24, 2.45) is 17.6 Å². The van der Waals surface area contributed by atoms with Crippen molar-refractivity contribution in [1.29, 1.82) is 0 Å². The second-order valence-electron chi connectivity index (χ2n) is 6.52. The summed E-state index contributed by atoms with van der Waals surface area (Å²) in [5.41, 5.74) is 5.69. The maximum atomic E-state index is 12.1. The second kappa shape index (κ2) is 3.73. The summed E-state index contributed by atoms with van der Waals surface area (Å²) in [5.74, 6) is 0.495. The van der Waals surface area contributed by atoms with Gasteiger partial charge >= 0.3 is 5.97 Å². The molecule has 3 nitrogen and oxygen atoms in total. The van der Waals surface area contributed by atoms with Gasteiger partial charge in [0.05, 0.1) is 5.92 Å². The molecular weight excluding hydrogens is 202 g/mol. The summed E-state index contributed by atoms with van der Waals surface area (Å²) in [6.07, 6.45) is 5.33. The van der Waals surface area contributed by atoms with Gasteiger partial charge in [0, 0.05) is 5.54 Å². The Labute approximate surface area is 97.7 Å². The first-order valence-corrected chi connectivity index (χ1v) is 6.32. The van der Waals surface area contributed by atoms with Crippen LogP contribution in [0.1, 0.15) is 52.9 Å². The molecule has 0 heterocycles. The molecule has 2 fully saturated rings. The predicted octanol–water partition coefficient (Wildman–Crippen LogP) is 2.24. The number of esters is 1. The first-order valence-electron chi connectivity index (χ1n) is 6.32. The third kappa shape index (κ3) is 2.24. The van der Waals surface area contributed by atoms with Gasteiger partial charge in [0.2, 0.25) is 0 Å². The minimum absolute atomic E-state index is 0.0702. The Bertz CT molecular complexity index is 295. The molecule has 0 spiro atoms. The van der Waals surface area contributed by atoms with E-state index in [4.69, 9.17) is 10.5 Å². The number of nitrogens with two attached hydrogens (primary N) is 1. The van der Waals surface area contributed by atoms with E-state index < -0.39 is 5.60 Å². The fourth-order valence-corrected chi connectivity index (χ4v) is 3.25. The summed E-state index contributed by atoms with van der Waals surface area (Å²) in [5, 5.41) is 0. The lowest BCUT2D eigenvalue weighted by atomic mass is 9.80. The number of fused-ring (bicyclic) bond motifs is 2. The zero-order valence-corrected chi connectivity index (χ0v) is 10.6. The minimum atomic E-state index is -0.399. The Balaban J connectivity index is 2.07. The van der Waals surface area contributed by atoms with Crippen LogP contribution in [0.4, 0.5) is 0 Å². The number of hydrogen-bond acceptors (Lipinski definition) is 3. The van der Waals surface area contributed by atoms with Gasteiger partial charge in [-0.05, 0) is 46.0 Å². The van der Waals surface area contributed by atoms with Gasteiger partial charge in [0.15, 0.2) is 0 Å². The maximum Gasteiger partial charge on any atom is 0.311 e. The first-order chi connectivity index (χ1) is 7.30. The molecule has 0 unspecified atom stereocenters. The topological polar surface area (TPSA) is 52.3 Å². The Hall–Kier alpha value is -0.570. The Morgan fingerprint density at radius 2 is 2.12 bits per heavy atom. The van der Waals surface area contributed by atoms with Crippen molar-refractivity contribution in [3.05, 3.63) is 0 Å². The highest BCUT2D eigenvalue weighted by Gasteiger charge is 2.51. The van der Waals surface area contributed by atoms with Gasteiger partial charge in [0.25, 0.3) is 0 Å². The van der Waals surface area contributed by atoms with E-state index in [9.17, 15) is 4.79 Å². The van der Waals surface area contributed by atoms with Gasteiger partial charge in [-0.2, -0.15) is 0 Å². The Kier molecular flexibility index (Phi) is 2.77. The molecule has 2 aliphatic rings. The number of carbonyl (C=O) groups is 1. The highest BCUT2D eigenvalue weighted by atomic mass is 16.6. The summed E-state index contributed by atoms with van der Waals surface area (Å²) >= 11 is 0. The lowest BCUT2D eigenvalue weighted by Gasteiger charge is -2.33. The monoisotopic (exact) mass is 225 g/mol. The summed E-state index contributed by atoms with van der Waals surface area (Å²) in [6.45, 7) is 5.74. The zero-order chi connectivity index (χ0) is 12.0. The smallest absolute Gasteiger partial charge is 0.311 e. The molecule has 3 heteroatoms. The lowest BCUT2D eigenvalue weighted by molar-refractivity contribution is -0.161. The van der Waals surface area contributed by atoms with Crippen molar-refractivity contribution < 1.29 is 9.53 Å². The van der Waals surface area contributed by atoms with Crippen molar-refractivity contribution in [2.45, 2.75) is 64.0 Å². The summed E-state index contributed by atoms with van der Waals surface area (Å²) in [6, 6.07) is 0. The van der Waals surface area contributed by atoms with Crippen LogP contribution in [0.3, 0.4) is 0 Å². The molecule has 0 aromatic heterocycles. The van der Waals surface area contributed by atoms with Crippen molar-refractivity contribution in [2.75, 3.05) is 0 Å². The molecule has 2 aliphatic carbocycles. The fourth-order valence-electron chi connectivity index (χ4n) is 3.25. The molecule has 0 aliphatic heterocycles. The number of rotatable bonds is 1. The average molecular weight is 225 g/mol.